The maximum absolute atomic E-state index is 12.5. The molecule has 3 rings (SSSR count). The highest BCUT2D eigenvalue weighted by molar-refractivity contribution is 5.92. The summed E-state index contributed by atoms with van der Waals surface area (Å²) in [5.74, 6) is -0.296. The van der Waals surface area contributed by atoms with Crippen molar-refractivity contribution >= 4 is 22.6 Å². The molecule has 9 heteroatoms. The lowest BCUT2D eigenvalue weighted by Crippen LogP contribution is -2.53. The highest BCUT2D eigenvalue weighted by atomic mass is 16.5. The van der Waals surface area contributed by atoms with Crippen LogP contribution in [-0.2, 0) is 14.3 Å². The Hall–Kier alpha value is -2.80. The molecule has 1 aromatic carbocycles. The predicted octanol–water partition coefficient (Wildman–Crippen LogP) is 0.219. The zero-order valence-corrected chi connectivity index (χ0v) is 15.8. The number of nitrogens with zero attached hydrogens (tertiary/aromatic N) is 4. The minimum Gasteiger partial charge on any atom is -0.389 e. The van der Waals surface area contributed by atoms with Gasteiger partial charge in [-0.05, 0) is 19.1 Å². The average molecular weight is 385 g/mol. The van der Waals surface area contributed by atoms with Crippen LogP contribution in [0.5, 0.6) is 0 Å². The minimum absolute atomic E-state index is 0.0895. The fraction of sp³-hybridized carbons (Fsp3) is 0.474. The van der Waals surface area contributed by atoms with E-state index in [0.29, 0.717) is 29.7 Å². The number of hydrogen-bond donors (Lipinski definition) is 2. The van der Waals surface area contributed by atoms with Crippen LogP contribution in [0.2, 0.25) is 0 Å². The molecular weight excluding hydrogens is 362 g/mol. The van der Waals surface area contributed by atoms with Gasteiger partial charge in [0.15, 0.2) is 6.10 Å². The van der Waals surface area contributed by atoms with E-state index >= 15 is 0 Å². The number of aliphatic hydroxyl groups is 1. The summed E-state index contributed by atoms with van der Waals surface area (Å²) in [7, 11) is 1.49. The molecule has 28 heavy (non-hydrogen) atoms. The van der Waals surface area contributed by atoms with E-state index < -0.39 is 12.2 Å². The highest BCUT2D eigenvalue weighted by Crippen LogP contribution is 2.28. The van der Waals surface area contributed by atoms with Crippen molar-refractivity contribution in [3.8, 4) is 6.07 Å². The van der Waals surface area contributed by atoms with Crippen LogP contribution in [0.25, 0.3) is 11.0 Å². The number of aromatic nitrogens is 2. The van der Waals surface area contributed by atoms with E-state index in [2.05, 4.69) is 21.4 Å². The molecule has 1 aromatic heterocycles. The van der Waals surface area contributed by atoms with Crippen LogP contribution in [0.4, 0.5) is 5.69 Å². The van der Waals surface area contributed by atoms with Crippen molar-refractivity contribution in [3.05, 3.63) is 30.1 Å². The number of nitrogens with one attached hydrogen (secondary N) is 1. The van der Waals surface area contributed by atoms with Crippen molar-refractivity contribution in [2.24, 2.45) is 0 Å². The quantitative estimate of drug-likeness (QED) is 0.724. The molecule has 1 aliphatic heterocycles. The normalized spacial score (nSPS) is 20.6. The molecule has 3 atom stereocenters. The maximum Gasteiger partial charge on any atom is 0.251 e. The summed E-state index contributed by atoms with van der Waals surface area (Å²) in [6.07, 6.45) is 1.48. The van der Waals surface area contributed by atoms with Gasteiger partial charge < -0.3 is 24.8 Å². The van der Waals surface area contributed by atoms with Crippen molar-refractivity contribution in [1.82, 2.24) is 15.3 Å². The number of aliphatic hydroxyl groups excluding tert-OH is 1. The lowest BCUT2D eigenvalue weighted by atomic mass is 10.1. The van der Waals surface area contributed by atoms with Gasteiger partial charge in [-0.25, -0.2) is 0 Å². The van der Waals surface area contributed by atoms with Crippen LogP contribution in [-0.4, -0.2) is 72.6 Å². The summed E-state index contributed by atoms with van der Waals surface area (Å²) in [4.78, 5) is 23.2. The molecule has 1 amide bonds. The molecule has 0 saturated carbocycles. The van der Waals surface area contributed by atoms with Crippen LogP contribution < -0.4 is 10.2 Å². The van der Waals surface area contributed by atoms with Crippen molar-refractivity contribution in [2.75, 3.05) is 38.3 Å². The zero-order valence-electron chi connectivity index (χ0n) is 15.8. The van der Waals surface area contributed by atoms with Gasteiger partial charge in [0.1, 0.15) is 17.1 Å². The Morgan fingerprint density at radius 3 is 2.89 bits per heavy atom. The molecule has 1 aliphatic rings. The number of hydrogen-bond acceptors (Lipinski definition) is 8. The predicted molar refractivity (Wildman–Crippen MR) is 102 cm³/mol. The molecular formula is C19H23N5O4. The summed E-state index contributed by atoms with van der Waals surface area (Å²) in [6.45, 7) is 3.03. The monoisotopic (exact) mass is 385 g/mol. The Bertz CT molecular complexity index is 884. The van der Waals surface area contributed by atoms with Crippen molar-refractivity contribution in [3.63, 3.8) is 0 Å². The second-order valence-corrected chi connectivity index (χ2v) is 6.69. The first-order valence-electron chi connectivity index (χ1n) is 9.02. The van der Waals surface area contributed by atoms with E-state index in [1.807, 2.05) is 17.9 Å². The number of morpholine rings is 1. The lowest BCUT2D eigenvalue weighted by Gasteiger charge is -2.37. The first-order chi connectivity index (χ1) is 13.5. The zero-order chi connectivity index (χ0) is 20.1. The molecule has 0 radical (unpaired) electrons. The van der Waals surface area contributed by atoms with E-state index in [1.54, 1.807) is 18.5 Å². The first-order valence-corrected chi connectivity index (χ1v) is 9.02. The highest BCUT2D eigenvalue weighted by Gasteiger charge is 2.31. The molecule has 1 unspecified atom stereocenters. The molecule has 148 valence electrons. The van der Waals surface area contributed by atoms with E-state index in [-0.39, 0.29) is 25.2 Å². The third-order valence-corrected chi connectivity index (χ3v) is 4.49. The number of nitriles is 1. The Morgan fingerprint density at radius 1 is 1.43 bits per heavy atom. The number of carbonyl (C=O) groups excluding carboxylic acids is 1. The van der Waals surface area contributed by atoms with Gasteiger partial charge in [-0.3, -0.25) is 14.8 Å². The van der Waals surface area contributed by atoms with Crippen molar-refractivity contribution in [2.45, 2.75) is 25.2 Å². The van der Waals surface area contributed by atoms with Crippen molar-refractivity contribution in [1.29, 1.82) is 5.26 Å². The van der Waals surface area contributed by atoms with Gasteiger partial charge in [-0.1, -0.05) is 0 Å². The van der Waals surface area contributed by atoms with Crippen LogP contribution in [0.15, 0.2) is 24.5 Å². The number of amides is 1. The number of anilines is 1. The Morgan fingerprint density at radius 2 is 2.18 bits per heavy atom. The molecule has 0 spiro atoms. The molecule has 2 heterocycles. The third kappa shape index (κ3) is 4.36. The van der Waals surface area contributed by atoms with E-state index in [9.17, 15) is 15.2 Å². The smallest absolute Gasteiger partial charge is 0.251 e. The fourth-order valence-electron chi connectivity index (χ4n) is 3.26. The molecule has 0 aliphatic carbocycles. The summed E-state index contributed by atoms with van der Waals surface area (Å²) in [5, 5.41) is 21.7. The van der Waals surface area contributed by atoms with Crippen LogP contribution in [0.3, 0.4) is 0 Å². The fourth-order valence-corrected chi connectivity index (χ4v) is 3.26. The largest absolute Gasteiger partial charge is 0.389 e. The summed E-state index contributed by atoms with van der Waals surface area (Å²) in [5.41, 5.74) is 2.40. The number of fused-ring (bicyclic) bond motifs is 1. The van der Waals surface area contributed by atoms with Crippen molar-refractivity contribution < 1.29 is 19.4 Å². The minimum atomic E-state index is -0.774. The second-order valence-electron chi connectivity index (χ2n) is 6.69. The van der Waals surface area contributed by atoms with Gasteiger partial charge in [0, 0.05) is 32.6 Å². The molecule has 1 fully saturated rings. The molecule has 2 N–H and O–H groups in total. The maximum atomic E-state index is 12.5. The number of ether oxygens (including phenoxy) is 2. The van der Waals surface area contributed by atoms with Crippen LogP contribution >= 0.6 is 0 Å². The molecule has 9 nitrogen and oxygen atoms in total. The van der Waals surface area contributed by atoms with Gasteiger partial charge in [0.25, 0.3) is 5.91 Å². The average Bonchev–Trinajstić information content (AvgIpc) is 2.71. The van der Waals surface area contributed by atoms with E-state index in [0.717, 1.165) is 5.69 Å². The van der Waals surface area contributed by atoms with Gasteiger partial charge in [0.2, 0.25) is 0 Å². The van der Waals surface area contributed by atoms with Gasteiger partial charge in [-0.15, -0.1) is 0 Å². The van der Waals surface area contributed by atoms with Crippen LogP contribution in [0.1, 0.15) is 12.5 Å². The standard InChI is InChI=1S/C19H23N5O4/c1-12-9-24(10-16(28-12)19(26)23-8-14(25)11-27-2)15-4-3-13(7-20)17-18(15)22-6-5-21-17/h3-6,12,14,16,25H,8-11H2,1-2H3,(H,23,26)/t12-,14?,16-/m1/s1. The molecule has 1 saturated heterocycles. The summed E-state index contributed by atoms with van der Waals surface area (Å²) >= 11 is 0. The number of carbonyl (C=O) groups is 1. The first kappa shape index (κ1) is 19.9. The molecule has 0 bridgehead atoms. The van der Waals surface area contributed by atoms with E-state index in [1.165, 1.54) is 7.11 Å². The van der Waals surface area contributed by atoms with Gasteiger partial charge in [0.05, 0.1) is 36.6 Å². The van der Waals surface area contributed by atoms with Gasteiger partial charge in [-0.2, -0.15) is 5.26 Å². The number of benzene rings is 1. The number of rotatable bonds is 6. The lowest BCUT2D eigenvalue weighted by molar-refractivity contribution is -0.137. The number of methoxy groups -OCH3 is 1. The second kappa shape index (κ2) is 8.93. The third-order valence-electron chi connectivity index (χ3n) is 4.49. The van der Waals surface area contributed by atoms with Gasteiger partial charge >= 0.3 is 0 Å². The Kier molecular flexibility index (Phi) is 6.36. The summed E-state index contributed by atoms with van der Waals surface area (Å²) in [6, 6.07) is 5.67. The van der Waals surface area contributed by atoms with E-state index in [4.69, 9.17) is 9.47 Å². The Labute approximate surface area is 162 Å². The topological polar surface area (TPSA) is 121 Å². The SMILES string of the molecule is COCC(O)CNC(=O)[C@H]1CN(c2ccc(C#N)c3nccnc23)C[C@@H](C)O1. The molecule has 2 aromatic rings. The Balaban J connectivity index is 1.79. The summed E-state index contributed by atoms with van der Waals surface area (Å²) < 4.78 is 10.7. The van der Waals surface area contributed by atoms with Crippen LogP contribution in [0, 0.1) is 11.3 Å².